The Morgan fingerprint density at radius 1 is 0.947 bits per heavy atom. The Balaban J connectivity index is 2.15. The first-order valence-electron chi connectivity index (χ1n) is 6.27. The van der Waals surface area contributed by atoms with Crippen molar-refractivity contribution in [1.82, 2.24) is 10.3 Å². The molecule has 0 radical (unpaired) electrons. The number of nitrogens with zero attached hydrogens (tertiary/aromatic N) is 1. The summed E-state index contributed by atoms with van der Waals surface area (Å²) in [6, 6.07) is 10.3. The molecule has 0 saturated heterocycles. The van der Waals surface area contributed by atoms with E-state index in [2.05, 4.69) is 10.3 Å². The number of phenols is 2. The van der Waals surface area contributed by atoms with Crippen molar-refractivity contribution in [1.29, 1.82) is 0 Å². The molecule has 2 rings (SSSR count). The number of aromatic nitrogens is 1. The number of hydrogen-bond acceptors (Lipinski definition) is 4. The van der Waals surface area contributed by atoms with Gasteiger partial charge in [-0.1, -0.05) is 12.1 Å². The van der Waals surface area contributed by atoms with Gasteiger partial charge in [-0.15, -0.1) is 0 Å². The third-order valence-corrected chi connectivity index (χ3v) is 3.12. The number of benzene rings is 1. The number of phenolic OH excluding ortho intramolecular Hbond substituents is 2. The minimum absolute atomic E-state index is 0.0233. The van der Waals surface area contributed by atoms with E-state index in [0.717, 1.165) is 5.69 Å². The van der Waals surface area contributed by atoms with Crippen molar-refractivity contribution in [3.05, 3.63) is 53.9 Å². The van der Waals surface area contributed by atoms with E-state index in [1.807, 2.05) is 32.0 Å². The lowest BCUT2D eigenvalue weighted by Gasteiger charge is -2.21. The van der Waals surface area contributed by atoms with Gasteiger partial charge >= 0.3 is 0 Å². The summed E-state index contributed by atoms with van der Waals surface area (Å²) in [5.41, 5.74) is 1.43. The zero-order valence-electron chi connectivity index (χ0n) is 11.0. The minimum atomic E-state index is -0.182. The van der Waals surface area contributed by atoms with Crippen LogP contribution < -0.4 is 5.32 Å². The van der Waals surface area contributed by atoms with Gasteiger partial charge in [0.05, 0.1) is 11.3 Å². The van der Waals surface area contributed by atoms with E-state index in [9.17, 15) is 10.2 Å². The molecule has 2 atom stereocenters. The summed E-state index contributed by atoms with van der Waals surface area (Å²) in [7, 11) is 0. The highest BCUT2D eigenvalue weighted by molar-refractivity contribution is 5.45. The van der Waals surface area contributed by atoms with Gasteiger partial charge in [0.2, 0.25) is 0 Å². The molecule has 3 N–H and O–H groups in total. The number of hydrogen-bond donors (Lipinski definition) is 3. The van der Waals surface area contributed by atoms with E-state index in [4.69, 9.17) is 0 Å². The fourth-order valence-electron chi connectivity index (χ4n) is 2.16. The standard InChI is InChI=1S/C15H18N2O2/c1-10(12-6-3-4-9-16-12)17-11(2)15-13(18)7-5-8-14(15)19/h3-11,17-19H,1-2H3/t10-,11?/m0/s1. The van der Waals surface area contributed by atoms with Crippen molar-refractivity contribution in [3.8, 4) is 11.5 Å². The van der Waals surface area contributed by atoms with Crippen molar-refractivity contribution >= 4 is 0 Å². The molecule has 0 aliphatic carbocycles. The van der Waals surface area contributed by atoms with E-state index in [0.29, 0.717) is 5.56 Å². The smallest absolute Gasteiger partial charge is 0.124 e. The second kappa shape index (κ2) is 5.71. The van der Waals surface area contributed by atoms with E-state index in [1.165, 1.54) is 0 Å². The van der Waals surface area contributed by atoms with Gasteiger partial charge in [-0.25, -0.2) is 0 Å². The first-order valence-corrected chi connectivity index (χ1v) is 6.27. The van der Waals surface area contributed by atoms with Crippen LogP contribution in [-0.4, -0.2) is 15.2 Å². The Labute approximate surface area is 112 Å². The fourth-order valence-corrected chi connectivity index (χ4v) is 2.16. The first-order chi connectivity index (χ1) is 9.09. The highest BCUT2D eigenvalue weighted by Crippen LogP contribution is 2.33. The van der Waals surface area contributed by atoms with Crippen LogP contribution >= 0.6 is 0 Å². The molecular formula is C15H18N2O2. The molecule has 0 bridgehead atoms. The monoisotopic (exact) mass is 258 g/mol. The molecule has 2 aromatic rings. The third-order valence-electron chi connectivity index (χ3n) is 3.12. The fraction of sp³-hybridized carbons (Fsp3) is 0.267. The van der Waals surface area contributed by atoms with Crippen molar-refractivity contribution in [2.24, 2.45) is 0 Å². The van der Waals surface area contributed by atoms with E-state index >= 15 is 0 Å². The summed E-state index contributed by atoms with van der Waals surface area (Å²) in [5.74, 6) is 0.182. The maximum atomic E-state index is 9.83. The lowest BCUT2D eigenvalue weighted by atomic mass is 10.0. The van der Waals surface area contributed by atoms with Gasteiger partial charge in [-0.05, 0) is 38.1 Å². The molecule has 0 aliphatic heterocycles. The summed E-state index contributed by atoms with van der Waals surface area (Å²) >= 11 is 0. The SMILES string of the molecule is CC(N[C@@H](C)c1ccccn1)c1c(O)cccc1O. The first kappa shape index (κ1) is 13.4. The van der Waals surface area contributed by atoms with Gasteiger partial charge in [0, 0.05) is 18.3 Å². The van der Waals surface area contributed by atoms with Gasteiger partial charge in [0.25, 0.3) is 0 Å². The van der Waals surface area contributed by atoms with Crippen LogP contribution in [0.2, 0.25) is 0 Å². The van der Waals surface area contributed by atoms with Crippen LogP contribution in [0.5, 0.6) is 11.5 Å². The zero-order valence-corrected chi connectivity index (χ0v) is 11.0. The predicted molar refractivity (Wildman–Crippen MR) is 74.0 cm³/mol. The van der Waals surface area contributed by atoms with Crippen molar-refractivity contribution < 1.29 is 10.2 Å². The molecule has 1 aromatic carbocycles. The van der Waals surface area contributed by atoms with Crippen LogP contribution in [0.3, 0.4) is 0 Å². The zero-order chi connectivity index (χ0) is 13.8. The van der Waals surface area contributed by atoms with Crippen LogP contribution in [0.25, 0.3) is 0 Å². The second-order valence-corrected chi connectivity index (χ2v) is 4.57. The molecule has 0 amide bonds. The average molecular weight is 258 g/mol. The molecule has 1 aromatic heterocycles. The Morgan fingerprint density at radius 3 is 2.21 bits per heavy atom. The van der Waals surface area contributed by atoms with Crippen LogP contribution in [0.15, 0.2) is 42.6 Å². The van der Waals surface area contributed by atoms with Gasteiger partial charge in [0.1, 0.15) is 11.5 Å². The topological polar surface area (TPSA) is 65.4 Å². The lowest BCUT2D eigenvalue weighted by molar-refractivity contribution is 0.405. The maximum Gasteiger partial charge on any atom is 0.124 e. The van der Waals surface area contributed by atoms with Gasteiger partial charge in [-0.2, -0.15) is 0 Å². The average Bonchev–Trinajstić information content (AvgIpc) is 2.39. The number of aromatic hydroxyl groups is 2. The summed E-state index contributed by atoms with van der Waals surface area (Å²) in [4.78, 5) is 4.28. The van der Waals surface area contributed by atoms with Crippen LogP contribution in [-0.2, 0) is 0 Å². The molecule has 0 saturated carbocycles. The Kier molecular flexibility index (Phi) is 4.02. The Hall–Kier alpha value is -2.07. The van der Waals surface area contributed by atoms with Crippen molar-refractivity contribution in [2.75, 3.05) is 0 Å². The van der Waals surface area contributed by atoms with E-state index in [-0.39, 0.29) is 23.6 Å². The molecule has 1 heterocycles. The minimum Gasteiger partial charge on any atom is -0.507 e. The highest BCUT2D eigenvalue weighted by Gasteiger charge is 2.17. The quantitative estimate of drug-likeness (QED) is 0.789. The molecule has 0 aliphatic rings. The van der Waals surface area contributed by atoms with Crippen molar-refractivity contribution in [2.45, 2.75) is 25.9 Å². The van der Waals surface area contributed by atoms with Crippen LogP contribution in [0.4, 0.5) is 0 Å². The Bertz CT molecular complexity index is 523. The number of rotatable bonds is 4. The van der Waals surface area contributed by atoms with Crippen LogP contribution in [0, 0.1) is 0 Å². The second-order valence-electron chi connectivity index (χ2n) is 4.57. The number of pyridine rings is 1. The molecule has 19 heavy (non-hydrogen) atoms. The molecule has 0 spiro atoms. The molecule has 0 fully saturated rings. The van der Waals surface area contributed by atoms with Crippen LogP contribution in [0.1, 0.15) is 37.2 Å². The Morgan fingerprint density at radius 2 is 1.63 bits per heavy atom. The normalized spacial score (nSPS) is 14.0. The number of nitrogens with one attached hydrogen (secondary N) is 1. The molecule has 4 nitrogen and oxygen atoms in total. The summed E-state index contributed by atoms with van der Waals surface area (Å²) in [5, 5.41) is 23.0. The van der Waals surface area contributed by atoms with Crippen molar-refractivity contribution in [3.63, 3.8) is 0 Å². The van der Waals surface area contributed by atoms with E-state index < -0.39 is 0 Å². The molecule has 100 valence electrons. The summed E-state index contributed by atoms with van der Waals surface area (Å²) < 4.78 is 0. The highest BCUT2D eigenvalue weighted by atomic mass is 16.3. The summed E-state index contributed by atoms with van der Waals surface area (Å²) in [6.45, 7) is 3.89. The molecule has 4 heteroatoms. The largest absolute Gasteiger partial charge is 0.507 e. The molecular weight excluding hydrogens is 240 g/mol. The molecule has 1 unspecified atom stereocenters. The third kappa shape index (κ3) is 3.03. The van der Waals surface area contributed by atoms with Gasteiger partial charge < -0.3 is 15.5 Å². The van der Waals surface area contributed by atoms with Gasteiger partial charge in [-0.3, -0.25) is 4.98 Å². The van der Waals surface area contributed by atoms with E-state index in [1.54, 1.807) is 24.4 Å². The van der Waals surface area contributed by atoms with Gasteiger partial charge in [0.15, 0.2) is 0 Å². The predicted octanol–water partition coefficient (Wildman–Crippen LogP) is 2.90. The maximum absolute atomic E-state index is 9.83. The lowest BCUT2D eigenvalue weighted by Crippen LogP contribution is -2.23. The summed E-state index contributed by atoms with van der Waals surface area (Å²) in [6.07, 6.45) is 1.75.